The summed E-state index contributed by atoms with van der Waals surface area (Å²) in [5, 5.41) is 3.70. The molecule has 0 spiro atoms. The summed E-state index contributed by atoms with van der Waals surface area (Å²) < 4.78 is 21.7. The molecule has 0 saturated heterocycles. The summed E-state index contributed by atoms with van der Waals surface area (Å²) in [6, 6.07) is 5.41. The minimum Gasteiger partial charge on any atom is -0.486 e. The Balaban J connectivity index is 2.13. The molecular weight excluding hydrogens is 248 g/mol. The Bertz CT molecular complexity index is 594. The van der Waals surface area contributed by atoms with Crippen molar-refractivity contribution in [3.8, 4) is 22.8 Å². The first-order valence-corrected chi connectivity index (χ1v) is 5.92. The van der Waals surface area contributed by atoms with Crippen LogP contribution < -0.4 is 15.2 Å². The number of nitrogens with two attached hydrogens (primary N) is 1. The van der Waals surface area contributed by atoms with E-state index in [2.05, 4.69) is 5.16 Å². The van der Waals surface area contributed by atoms with E-state index in [1.807, 2.05) is 12.1 Å². The van der Waals surface area contributed by atoms with Crippen molar-refractivity contribution in [2.24, 2.45) is 0 Å². The van der Waals surface area contributed by atoms with Crippen LogP contribution in [0.15, 0.2) is 22.7 Å². The standard InChI is InChI=1S/C13H14N2O4/c1-16-7-9-8(11-6-12(14)15-19-11)2-3-10-13(9)18-5-4-17-10/h2-3,6H,4-5,7H2,1H3,(H2,14,15). The van der Waals surface area contributed by atoms with Gasteiger partial charge < -0.3 is 24.5 Å². The van der Waals surface area contributed by atoms with Gasteiger partial charge in [0.05, 0.1) is 6.61 Å². The number of nitrogen functional groups attached to an aromatic ring is 1. The second-order valence-electron chi connectivity index (χ2n) is 4.16. The van der Waals surface area contributed by atoms with Gasteiger partial charge in [-0.3, -0.25) is 0 Å². The predicted molar refractivity (Wildman–Crippen MR) is 68.1 cm³/mol. The van der Waals surface area contributed by atoms with Crippen molar-refractivity contribution in [2.75, 3.05) is 26.1 Å². The van der Waals surface area contributed by atoms with Crippen LogP contribution in [0.5, 0.6) is 11.5 Å². The fraction of sp³-hybridized carbons (Fsp3) is 0.308. The summed E-state index contributed by atoms with van der Waals surface area (Å²) in [6.07, 6.45) is 0. The van der Waals surface area contributed by atoms with Gasteiger partial charge in [0.2, 0.25) is 0 Å². The van der Waals surface area contributed by atoms with E-state index >= 15 is 0 Å². The molecule has 1 aromatic carbocycles. The maximum Gasteiger partial charge on any atom is 0.169 e. The van der Waals surface area contributed by atoms with Gasteiger partial charge in [0, 0.05) is 24.3 Å². The second kappa shape index (κ2) is 4.81. The first kappa shape index (κ1) is 11.9. The third kappa shape index (κ3) is 2.10. The van der Waals surface area contributed by atoms with Gasteiger partial charge in [0.1, 0.15) is 13.2 Å². The lowest BCUT2D eigenvalue weighted by Gasteiger charge is -2.22. The third-order valence-electron chi connectivity index (χ3n) is 2.89. The summed E-state index contributed by atoms with van der Waals surface area (Å²) in [5.41, 5.74) is 7.30. The number of methoxy groups -OCH3 is 1. The topological polar surface area (TPSA) is 79.7 Å². The lowest BCUT2D eigenvalue weighted by atomic mass is 10.0. The molecule has 0 atom stereocenters. The highest BCUT2D eigenvalue weighted by Crippen LogP contribution is 2.40. The molecule has 0 saturated carbocycles. The zero-order valence-electron chi connectivity index (χ0n) is 10.5. The molecular formula is C13H14N2O4. The Hall–Kier alpha value is -2.21. The Morgan fingerprint density at radius 3 is 2.89 bits per heavy atom. The highest BCUT2D eigenvalue weighted by Gasteiger charge is 2.21. The summed E-state index contributed by atoms with van der Waals surface area (Å²) in [7, 11) is 1.63. The highest BCUT2D eigenvalue weighted by molar-refractivity contribution is 5.70. The van der Waals surface area contributed by atoms with Crippen LogP contribution in [0.4, 0.5) is 5.82 Å². The van der Waals surface area contributed by atoms with E-state index in [9.17, 15) is 0 Å². The first-order valence-electron chi connectivity index (χ1n) is 5.92. The fourth-order valence-corrected chi connectivity index (χ4v) is 2.11. The van der Waals surface area contributed by atoms with Crippen molar-refractivity contribution in [3.05, 3.63) is 23.8 Å². The van der Waals surface area contributed by atoms with E-state index in [1.165, 1.54) is 0 Å². The van der Waals surface area contributed by atoms with E-state index in [4.69, 9.17) is 24.5 Å². The van der Waals surface area contributed by atoms with Gasteiger partial charge >= 0.3 is 0 Å². The zero-order chi connectivity index (χ0) is 13.2. The quantitative estimate of drug-likeness (QED) is 0.909. The Morgan fingerprint density at radius 2 is 2.16 bits per heavy atom. The van der Waals surface area contributed by atoms with Crippen LogP contribution in [0.25, 0.3) is 11.3 Å². The molecule has 2 N–H and O–H groups in total. The number of hydrogen-bond donors (Lipinski definition) is 1. The van der Waals surface area contributed by atoms with Gasteiger partial charge in [0.25, 0.3) is 0 Å². The van der Waals surface area contributed by atoms with Gasteiger partial charge in [-0.25, -0.2) is 0 Å². The molecule has 3 rings (SSSR count). The van der Waals surface area contributed by atoms with Gasteiger partial charge in [-0.15, -0.1) is 0 Å². The first-order chi connectivity index (χ1) is 9.29. The number of hydrogen-bond acceptors (Lipinski definition) is 6. The molecule has 19 heavy (non-hydrogen) atoms. The smallest absolute Gasteiger partial charge is 0.169 e. The van der Waals surface area contributed by atoms with Crippen molar-refractivity contribution in [2.45, 2.75) is 6.61 Å². The molecule has 0 bridgehead atoms. The zero-order valence-corrected chi connectivity index (χ0v) is 10.5. The van der Waals surface area contributed by atoms with Crippen molar-refractivity contribution in [3.63, 3.8) is 0 Å². The summed E-state index contributed by atoms with van der Waals surface area (Å²) in [6.45, 7) is 1.46. The van der Waals surface area contributed by atoms with Gasteiger partial charge in [-0.1, -0.05) is 5.16 Å². The van der Waals surface area contributed by atoms with Crippen LogP contribution in [0.3, 0.4) is 0 Å². The second-order valence-corrected chi connectivity index (χ2v) is 4.16. The normalized spacial score (nSPS) is 13.5. The van der Waals surface area contributed by atoms with Crippen LogP contribution in [0.2, 0.25) is 0 Å². The largest absolute Gasteiger partial charge is 0.486 e. The van der Waals surface area contributed by atoms with Crippen molar-refractivity contribution >= 4 is 5.82 Å². The van der Waals surface area contributed by atoms with E-state index in [0.717, 1.165) is 16.9 Å². The van der Waals surface area contributed by atoms with Crippen LogP contribution in [-0.2, 0) is 11.3 Å². The Morgan fingerprint density at radius 1 is 1.32 bits per heavy atom. The number of fused-ring (bicyclic) bond motifs is 1. The minimum absolute atomic E-state index is 0.341. The van der Waals surface area contributed by atoms with Crippen molar-refractivity contribution in [1.29, 1.82) is 0 Å². The Kier molecular flexibility index (Phi) is 3.00. The SMILES string of the molecule is COCc1c(-c2cc(N)no2)ccc2c1OCCO2. The van der Waals surface area contributed by atoms with Gasteiger partial charge in [-0.05, 0) is 12.1 Å². The van der Waals surface area contributed by atoms with Gasteiger partial charge in [0.15, 0.2) is 23.1 Å². The number of benzene rings is 1. The lowest BCUT2D eigenvalue weighted by molar-refractivity contribution is 0.153. The number of ether oxygens (including phenoxy) is 3. The van der Waals surface area contributed by atoms with Crippen molar-refractivity contribution in [1.82, 2.24) is 5.16 Å². The number of aromatic nitrogens is 1. The number of nitrogens with zero attached hydrogens (tertiary/aromatic N) is 1. The maximum atomic E-state index is 5.68. The van der Waals surface area contributed by atoms with Gasteiger partial charge in [-0.2, -0.15) is 0 Å². The average Bonchev–Trinajstić information content (AvgIpc) is 2.86. The molecule has 0 fully saturated rings. The fourth-order valence-electron chi connectivity index (χ4n) is 2.11. The molecule has 0 aliphatic carbocycles. The molecule has 0 radical (unpaired) electrons. The Labute approximate surface area is 110 Å². The van der Waals surface area contributed by atoms with Crippen LogP contribution in [-0.4, -0.2) is 25.5 Å². The molecule has 2 heterocycles. The monoisotopic (exact) mass is 262 g/mol. The van der Waals surface area contributed by atoms with Crippen LogP contribution >= 0.6 is 0 Å². The third-order valence-corrected chi connectivity index (χ3v) is 2.89. The van der Waals surface area contributed by atoms with E-state index in [-0.39, 0.29) is 0 Å². The van der Waals surface area contributed by atoms with E-state index < -0.39 is 0 Å². The minimum atomic E-state index is 0.341. The molecule has 0 amide bonds. The molecule has 1 aromatic heterocycles. The van der Waals surface area contributed by atoms with E-state index in [0.29, 0.717) is 37.1 Å². The van der Waals surface area contributed by atoms with Crippen molar-refractivity contribution < 1.29 is 18.7 Å². The highest BCUT2D eigenvalue weighted by atomic mass is 16.6. The number of rotatable bonds is 3. The molecule has 1 aliphatic rings. The molecule has 1 aliphatic heterocycles. The molecule has 2 aromatic rings. The maximum absolute atomic E-state index is 5.68. The molecule has 100 valence electrons. The molecule has 6 heteroatoms. The summed E-state index contributed by atoms with van der Waals surface area (Å²) in [5.74, 6) is 2.34. The predicted octanol–water partition coefficient (Wildman–Crippen LogP) is 1.84. The van der Waals surface area contributed by atoms with E-state index in [1.54, 1.807) is 13.2 Å². The average molecular weight is 262 g/mol. The van der Waals surface area contributed by atoms with Crippen LogP contribution in [0, 0.1) is 0 Å². The summed E-state index contributed by atoms with van der Waals surface area (Å²) in [4.78, 5) is 0. The number of anilines is 1. The van der Waals surface area contributed by atoms with Crippen LogP contribution in [0.1, 0.15) is 5.56 Å². The molecule has 6 nitrogen and oxygen atoms in total. The molecule has 0 unspecified atom stereocenters. The summed E-state index contributed by atoms with van der Waals surface area (Å²) >= 11 is 0. The lowest BCUT2D eigenvalue weighted by Crippen LogP contribution is -2.17.